The van der Waals surface area contributed by atoms with Gasteiger partial charge >= 0.3 is 0 Å². The minimum Gasteiger partial charge on any atom is -0.497 e. The van der Waals surface area contributed by atoms with Crippen LogP contribution in [0.1, 0.15) is 23.6 Å². The van der Waals surface area contributed by atoms with Crippen molar-refractivity contribution in [2.45, 2.75) is 24.8 Å². The highest BCUT2D eigenvalue weighted by molar-refractivity contribution is 7.98. The Morgan fingerprint density at radius 3 is 2.52 bits per heavy atom. The maximum absolute atomic E-state index is 6.08. The van der Waals surface area contributed by atoms with Gasteiger partial charge in [-0.25, -0.2) is 10.1 Å². The number of aryl methyl sites for hydroxylation is 1. The molecule has 0 unspecified atom stereocenters. The summed E-state index contributed by atoms with van der Waals surface area (Å²) >= 11 is 1.52. The van der Waals surface area contributed by atoms with E-state index in [4.69, 9.17) is 10.6 Å². The minimum atomic E-state index is 0.384. The van der Waals surface area contributed by atoms with Crippen molar-refractivity contribution in [3.8, 4) is 5.75 Å². The highest BCUT2D eigenvalue weighted by atomic mass is 32.2. The monoisotopic (exact) mass is 382 g/mol. The molecule has 0 atom stereocenters. The van der Waals surface area contributed by atoms with Crippen LogP contribution >= 0.6 is 11.8 Å². The molecule has 0 fully saturated rings. The van der Waals surface area contributed by atoms with Crippen molar-refractivity contribution in [3.05, 3.63) is 65.2 Å². The standard InChI is InChI=1S/C19H22N6OS/c1-13-4-6-15(7-5-13)12-27-19-24-23-18(25(19)20)22-21-14(2)16-8-10-17(26-3)11-9-16/h4-11H,12,20H2,1-3H3,(H,22,23)/b21-14+. The van der Waals surface area contributed by atoms with E-state index in [1.807, 2.05) is 31.2 Å². The molecule has 3 aromatic rings. The molecule has 140 valence electrons. The van der Waals surface area contributed by atoms with Crippen molar-refractivity contribution in [1.29, 1.82) is 0 Å². The van der Waals surface area contributed by atoms with Gasteiger partial charge in [0.15, 0.2) is 0 Å². The number of methoxy groups -OCH3 is 1. The lowest BCUT2D eigenvalue weighted by atomic mass is 10.1. The Morgan fingerprint density at radius 1 is 1.15 bits per heavy atom. The summed E-state index contributed by atoms with van der Waals surface area (Å²) in [6, 6.07) is 16.0. The average Bonchev–Trinajstić information content (AvgIpc) is 3.05. The van der Waals surface area contributed by atoms with Crippen LogP contribution in [0.25, 0.3) is 0 Å². The van der Waals surface area contributed by atoms with E-state index < -0.39 is 0 Å². The minimum absolute atomic E-state index is 0.384. The van der Waals surface area contributed by atoms with Gasteiger partial charge in [-0.15, -0.1) is 10.2 Å². The summed E-state index contributed by atoms with van der Waals surface area (Å²) in [5, 5.41) is 13.1. The molecule has 1 heterocycles. The number of hydrogen-bond donors (Lipinski definition) is 2. The van der Waals surface area contributed by atoms with Crippen LogP contribution in [-0.2, 0) is 5.75 Å². The number of nitrogens with one attached hydrogen (secondary N) is 1. The van der Waals surface area contributed by atoms with Crippen molar-refractivity contribution < 1.29 is 4.74 Å². The summed E-state index contributed by atoms with van der Waals surface area (Å²) in [6.45, 7) is 3.97. The Bertz CT molecular complexity index is 918. The number of thioether (sulfide) groups is 1. The summed E-state index contributed by atoms with van der Waals surface area (Å²) in [5.74, 6) is 8.03. The summed E-state index contributed by atoms with van der Waals surface area (Å²) in [7, 11) is 1.64. The summed E-state index contributed by atoms with van der Waals surface area (Å²) in [5.41, 5.74) is 7.09. The smallest absolute Gasteiger partial charge is 0.264 e. The predicted molar refractivity (Wildman–Crippen MR) is 110 cm³/mol. The summed E-state index contributed by atoms with van der Waals surface area (Å²) < 4.78 is 6.57. The fourth-order valence-electron chi connectivity index (χ4n) is 2.31. The van der Waals surface area contributed by atoms with Crippen LogP contribution in [0.5, 0.6) is 5.75 Å². The second kappa shape index (κ2) is 8.59. The average molecular weight is 382 g/mol. The van der Waals surface area contributed by atoms with Crippen LogP contribution in [-0.4, -0.2) is 27.7 Å². The van der Waals surface area contributed by atoms with E-state index in [1.54, 1.807) is 7.11 Å². The maximum atomic E-state index is 6.08. The van der Waals surface area contributed by atoms with E-state index in [-0.39, 0.29) is 0 Å². The highest BCUT2D eigenvalue weighted by Crippen LogP contribution is 2.22. The van der Waals surface area contributed by atoms with Gasteiger partial charge in [0.05, 0.1) is 12.8 Å². The molecule has 0 amide bonds. The Hall–Kier alpha value is -3.00. The van der Waals surface area contributed by atoms with Gasteiger partial charge in [-0.05, 0) is 49.2 Å². The Balaban J connectivity index is 1.63. The number of ether oxygens (including phenoxy) is 1. The molecule has 0 aliphatic heterocycles. The third kappa shape index (κ3) is 4.79. The van der Waals surface area contributed by atoms with Crippen molar-refractivity contribution in [3.63, 3.8) is 0 Å². The third-order valence-corrected chi connectivity index (χ3v) is 5.00. The van der Waals surface area contributed by atoms with E-state index >= 15 is 0 Å². The van der Waals surface area contributed by atoms with Crippen molar-refractivity contribution in [2.24, 2.45) is 5.10 Å². The molecule has 8 heteroatoms. The molecule has 0 saturated heterocycles. The highest BCUT2D eigenvalue weighted by Gasteiger charge is 2.10. The van der Waals surface area contributed by atoms with Gasteiger partial charge in [0.2, 0.25) is 5.16 Å². The van der Waals surface area contributed by atoms with Gasteiger partial charge in [0.25, 0.3) is 5.95 Å². The first-order chi connectivity index (χ1) is 13.1. The molecule has 0 aliphatic rings. The van der Waals surface area contributed by atoms with Crippen LogP contribution in [0.2, 0.25) is 0 Å². The van der Waals surface area contributed by atoms with E-state index in [2.05, 4.69) is 51.9 Å². The van der Waals surface area contributed by atoms with Gasteiger partial charge < -0.3 is 10.6 Å². The molecular weight excluding hydrogens is 360 g/mol. The van der Waals surface area contributed by atoms with Crippen molar-refractivity contribution in [1.82, 2.24) is 14.9 Å². The van der Waals surface area contributed by atoms with Gasteiger partial charge in [-0.1, -0.05) is 41.6 Å². The van der Waals surface area contributed by atoms with E-state index in [0.29, 0.717) is 11.1 Å². The number of hydrogen-bond acceptors (Lipinski definition) is 7. The second-order valence-corrected chi connectivity index (χ2v) is 6.93. The molecule has 27 heavy (non-hydrogen) atoms. The molecule has 0 aliphatic carbocycles. The SMILES string of the molecule is COc1ccc(/C(C)=N/Nc2nnc(SCc3ccc(C)cc3)n2N)cc1. The number of nitrogens with two attached hydrogens (primary N) is 1. The fourth-order valence-corrected chi connectivity index (χ4v) is 3.13. The topological polar surface area (TPSA) is 90.3 Å². The first-order valence-corrected chi connectivity index (χ1v) is 9.39. The van der Waals surface area contributed by atoms with Gasteiger partial charge in [0, 0.05) is 5.75 Å². The first-order valence-electron chi connectivity index (χ1n) is 8.40. The maximum Gasteiger partial charge on any atom is 0.264 e. The normalized spacial score (nSPS) is 11.4. The van der Waals surface area contributed by atoms with Gasteiger partial charge in [0.1, 0.15) is 5.75 Å². The van der Waals surface area contributed by atoms with Crippen LogP contribution in [0.15, 0.2) is 58.8 Å². The zero-order chi connectivity index (χ0) is 19.2. The van der Waals surface area contributed by atoms with E-state index in [9.17, 15) is 0 Å². The summed E-state index contributed by atoms with van der Waals surface area (Å²) in [4.78, 5) is 0. The van der Waals surface area contributed by atoms with Crippen LogP contribution in [0.3, 0.4) is 0 Å². The quantitative estimate of drug-likeness (QED) is 0.282. The second-order valence-electron chi connectivity index (χ2n) is 5.99. The van der Waals surface area contributed by atoms with Crippen molar-refractivity contribution >= 4 is 23.4 Å². The lowest BCUT2D eigenvalue weighted by Crippen LogP contribution is -2.13. The Morgan fingerprint density at radius 2 is 1.85 bits per heavy atom. The first kappa shape index (κ1) is 18.8. The molecule has 1 aromatic heterocycles. The molecule has 0 radical (unpaired) electrons. The van der Waals surface area contributed by atoms with Gasteiger partial charge in [-0.3, -0.25) is 0 Å². The molecule has 2 aromatic carbocycles. The van der Waals surface area contributed by atoms with Crippen LogP contribution < -0.4 is 16.0 Å². The molecule has 3 N–H and O–H groups in total. The zero-order valence-electron chi connectivity index (χ0n) is 15.5. The lowest BCUT2D eigenvalue weighted by molar-refractivity contribution is 0.415. The zero-order valence-corrected chi connectivity index (χ0v) is 16.3. The van der Waals surface area contributed by atoms with E-state index in [1.165, 1.54) is 27.6 Å². The number of nitrogen functional groups attached to an aromatic ring is 1. The Kier molecular flexibility index (Phi) is 5.97. The molecule has 0 bridgehead atoms. The number of benzene rings is 2. The number of anilines is 1. The van der Waals surface area contributed by atoms with Crippen LogP contribution in [0.4, 0.5) is 5.95 Å². The molecule has 7 nitrogen and oxygen atoms in total. The van der Waals surface area contributed by atoms with Gasteiger partial charge in [-0.2, -0.15) is 5.10 Å². The van der Waals surface area contributed by atoms with Crippen molar-refractivity contribution in [2.75, 3.05) is 18.4 Å². The lowest BCUT2D eigenvalue weighted by Gasteiger charge is -2.05. The van der Waals surface area contributed by atoms with E-state index in [0.717, 1.165) is 22.8 Å². The number of rotatable bonds is 7. The number of hydrazone groups is 1. The third-order valence-electron chi connectivity index (χ3n) is 3.98. The fraction of sp³-hybridized carbons (Fsp3) is 0.211. The molecule has 0 saturated carbocycles. The van der Waals surface area contributed by atoms with Crippen LogP contribution in [0, 0.1) is 6.92 Å². The summed E-state index contributed by atoms with van der Waals surface area (Å²) in [6.07, 6.45) is 0. The predicted octanol–water partition coefficient (Wildman–Crippen LogP) is 3.44. The largest absolute Gasteiger partial charge is 0.497 e. The Labute approximate surface area is 162 Å². The molecular formula is C19H22N6OS. The molecule has 3 rings (SSSR count). The number of nitrogens with zero attached hydrogens (tertiary/aromatic N) is 4. The number of aromatic nitrogens is 3. The molecule has 0 spiro atoms.